The number of piperazine rings is 1. The number of benzene rings is 2. The van der Waals surface area contributed by atoms with Crippen molar-refractivity contribution >= 4 is 23.0 Å². The van der Waals surface area contributed by atoms with Gasteiger partial charge in [0.15, 0.2) is 0 Å². The number of para-hydroxylation sites is 1. The number of carbonyl (C=O) groups is 1. The topological polar surface area (TPSA) is 88.0 Å². The molecule has 8 heteroatoms. The maximum Gasteiger partial charge on any atom is 0.272 e. The zero-order valence-electron chi connectivity index (χ0n) is 19.1. The highest BCUT2D eigenvalue weighted by Gasteiger charge is 2.25. The quantitative estimate of drug-likeness (QED) is 0.505. The number of hydrogen-bond acceptors (Lipinski definition) is 6. The summed E-state index contributed by atoms with van der Waals surface area (Å²) in [5, 5.41) is 14.5. The maximum atomic E-state index is 12.6. The van der Waals surface area contributed by atoms with Crippen molar-refractivity contribution in [1.29, 1.82) is 0 Å². The van der Waals surface area contributed by atoms with Gasteiger partial charge in [0.25, 0.3) is 5.69 Å². The van der Waals surface area contributed by atoms with E-state index in [2.05, 4.69) is 22.3 Å². The van der Waals surface area contributed by atoms with E-state index in [1.165, 1.54) is 5.69 Å². The molecule has 2 fully saturated rings. The Morgan fingerprint density at radius 3 is 2.39 bits per heavy atom. The van der Waals surface area contributed by atoms with Gasteiger partial charge in [-0.15, -0.1) is 0 Å². The number of aryl methyl sites for hydroxylation is 1. The van der Waals surface area contributed by atoms with Crippen molar-refractivity contribution < 1.29 is 14.5 Å². The molecule has 1 aliphatic carbocycles. The van der Waals surface area contributed by atoms with Crippen LogP contribution in [0.25, 0.3) is 0 Å². The molecule has 1 amide bonds. The molecule has 0 atom stereocenters. The van der Waals surface area contributed by atoms with Crippen molar-refractivity contribution in [2.24, 2.45) is 0 Å². The minimum absolute atomic E-state index is 0.0734. The van der Waals surface area contributed by atoms with Gasteiger partial charge >= 0.3 is 0 Å². The second-order valence-electron chi connectivity index (χ2n) is 8.89. The molecular formula is C25H32N4O4. The predicted molar refractivity (Wildman–Crippen MR) is 129 cm³/mol. The van der Waals surface area contributed by atoms with Crippen LogP contribution in [0.2, 0.25) is 0 Å². The van der Waals surface area contributed by atoms with Crippen LogP contribution in [-0.4, -0.2) is 60.7 Å². The smallest absolute Gasteiger partial charge is 0.272 e. The first-order chi connectivity index (χ1) is 16.0. The monoisotopic (exact) mass is 452 g/mol. The fraction of sp³-hybridized carbons (Fsp3) is 0.480. The molecule has 4 rings (SSSR count). The number of rotatable bonds is 7. The first-order valence-corrected chi connectivity index (χ1v) is 11.7. The lowest BCUT2D eigenvalue weighted by molar-refractivity contribution is -0.385. The Morgan fingerprint density at radius 2 is 1.76 bits per heavy atom. The predicted octanol–water partition coefficient (Wildman–Crippen LogP) is 3.99. The number of carbonyl (C=O) groups excluding carboxylic acids is 1. The molecule has 2 aromatic carbocycles. The Hall–Kier alpha value is -3.13. The van der Waals surface area contributed by atoms with Crippen LogP contribution in [0.3, 0.4) is 0 Å². The van der Waals surface area contributed by atoms with E-state index in [4.69, 9.17) is 4.74 Å². The van der Waals surface area contributed by atoms with Gasteiger partial charge in [-0.2, -0.15) is 0 Å². The summed E-state index contributed by atoms with van der Waals surface area (Å²) < 4.78 is 5.96. The van der Waals surface area contributed by atoms with Crippen LogP contribution in [0.5, 0.6) is 0 Å². The van der Waals surface area contributed by atoms with Gasteiger partial charge in [0, 0.05) is 55.2 Å². The average molecular weight is 453 g/mol. The molecule has 8 nitrogen and oxygen atoms in total. The van der Waals surface area contributed by atoms with E-state index in [-0.39, 0.29) is 29.2 Å². The zero-order chi connectivity index (χ0) is 23.2. The summed E-state index contributed by atoms with van der Waals surface area (Å²) in [6.45, 7) is 5.04. The molecule has 1 saturated heterocycles. The molecule has 1 heterocycles. The van der Waals surface area contributed by atoms with Crippen LogP contribution < -0.4 is 10.2 Å². The van der Waals surface area contributed by atoms with Gasteiger partial charge in [0.1, 0.15) is 6.61 Å². The first kappa shape index (κ1) is 23.0. The number of anilines is 2. The normalized spacial score (nSPS) is 21.0. The minimum Gasteiger partial charge on any atom is -0.382 e. The Balaban J connectivity index is 1.16. The fourth-order valence-electron chi connectivity index (χ4n) is 4.69. The van der Waals surface area contributed by atoms with E-state index < -0.39 is 0 Å². The van der Waals surface area contributed by atoms with Crippen molar-refractivity contribution in [3.05, 3.63) is 64.2 Å². The summed E-state index contributed by atoms with van der Waals surface area (Å²) in [4.78, 5) is 27.5. The molecule has 1 saturated carbocycles. The zero-order valence-corrected chi connectivity index (χ0v) is 19.1. The van der Waals surface area contributed by atoms with E-state index >= 15 is 0 Å². The third-order valence-electron chi connectivity index (χ3n) is 6.63. The molecule has 0 unspecified atom stereocenters. The third-order valence-corrected chi connectivity index (χ3v) is 6.63. The van der Waals surface area contributed by atoms with Crippen molar-refractivity contribution in [3.8, 4) is 0 Å². The van der Waals surface area contributed by atoms with Gasteiger partial charge < -0.3 is 19.9 Å². The van der Waals surface area contributed by atoms with Gasteiger partial charge in [0.05, 0.1) is 11.0 Å². The molecule has 2 aliphatic rings. The summed E-state index contributed by atoms with van der Waals surface area (Å²) in [5.74, 6) is 0.0734. The summed E-state index contributed by atoms with van der Waals surface area (Å²) >= 11 is 0. The molecule has 176 valence electrons. The van der Waals surface area contributed by atoms with Gasteiger partial charge in [-0.1, -0.05) is 18.2 Å². The lowest BCUT2D eigenvalue weighted by Crippen LogP contribution is -2.50. The largest absolute Gasteiger partial charge is 0.382 e. The lowest BCUT2D eigenvalue weighted by atomic mass is 9.92. The van der Waals surface area contributed by atoms with Gasteiger partial charge in [-0.05, 0) is 56.9 Å². The Kier molecular flexibility index (Phi) is 7.44. The average Bonchev–Trinajstić information content (AvgIpc) is 2.84. The number of amides is 1. The van der Waals surface area contributed by atoms with Crippen LogP contribution in [0, 0.1) is 17.0 Å². The van der Waals surface area contributed by atoms with Gasteiger partial charge in [-0.25, -0.2) is 0 Å². The standard InChI is InChI=1S/C25H32N4O4/c1-19-17-21(9-12-24(19)29(31)32)26-20-7-10-23(11-8-20)33-18-25(30)28-15-13-27(14-16-28)22-5-3-2-4-6-22/h2-6,9,12,17,20,23,26H,7-8,10-11,13-16,18H2,1H3/t20-,23-. The molecule has 33 heavy (non-hydrogen) atoms. The van der Waals surface area contributed by atoms with E-state index in [0.29, 0.717) is 11.6 Å². The second-order valence-corrected chi connectivity index (χ2v) is 8.89. The molecule has 2 aromatic rings. The molecule has 1 N–H and O–H groups in total. The number of nitrogens with zero attached hydrogens (tertiary/aromatic N) is 3. The SMILES string of the molecule is Cc1cc(N[C@H]2CC[C@H](OCC(=O)N3CCN(c4ccccc4)CC3)CC2)ccc1[N+](=O)[O-]. The molecule has 0 aromatic heterocycles. The molecule has 0 spiro atoms. The number of nitro groups is 1. The van der Waals surface area contributed by atoms with Crippen LogP contribution in [0.1, 0.15) is 31.2 Å². The highest BCUT2D eigenvalue weighted by molar-refractivity contribution is 5.77. The summed E-state index contributed by atoms with van der Waals surface area (Å²) in [6.07, 6.45) is 3.81. The number of hydrogen-bond donors (Lipinski definition) is 1. The first-order valence-electron chi connectivity index (χ1n) is 11.7. The number of nitrogens with one attached hydrogen (secondary N) is 1. The minimum atomic E-state index is -0.355. The van der Waals surface area contributed by atoms with Crippen molar-refractivity contribution in [3.63, 3.8) is 0 Å². The fourth-order valence-corrected chi connectivity index (χ4v) is 4.69. The van der Waals surface area contributed by atoms with Gasteiger partial charge in [-0.3, -0.25) is 14.9 Å². The number of nitro benzene ring substituents is 1. The molecule has 1 aliphatic heterocycles. The van der Waals surface area contributed by atoms with Crippen LogP contribution >= 0.6 is 0 Å². The summed E-state index contributed by atoms with van der Waals surface area (Å²) in [6, 6.07) is 15.8. The van der Waals surface area contributed by atoms with Crippen LogP contribution in [0.4, 0.5) is 17.1 Å². The summed E-state index contributed by atoms with van der Waals surface area (Å²) in [7, 11) is 0. The number of ether oxygens (including phenoxy) is 1. The summed E-state index contributed by atoms with van der Waals surface area (Å²) in [5.41, 5.74) is 2.91. The van der Waals surface area contributed by atoms with Gasteiger partial charge in [0.2, 0.25) is 5.91 Å². The Labute approximate surface area is 194 Å². The molecular weight excluding hydrogens is 420 g/mol. The van der Waals surface area contributed by atoms with Crippen molar-refractivity contribution in [2.45, 2.75) is 44.8 Å². The highest BCUT2D eigenvalue weighted by Crippen LogP contribution is 2.27. The van der Waals surface area contributed by atoms with E-state index in [1.807, 2.05) is 29.2 Å². The van der Waals surface area contributed by atoms with Crippen molar-refractivity contribution in [1.82, 2.24) is 4.90 Å². The lowest BCUT2D eigenvalue weighted by Gasteiger charge is -2.36. The van der Waals surface area contributed by atoms with E-state index in [0.717, 1.165) is 57.5 Å². The Bertz CT molecular complexity index is 952. The molecule has 0 radical (unpaired) electrons. The maximum absolute atomic E-state index is 12.6. The van der Waals surface area contributed by atoms with Crippen molar-refractivity contribution in [2.75, 3.05) is 43.0 Å². The second kappa shape index (κ2) is 10.7. The van der Waals surface area contributed by atoms with E-state index in [9.17, 15) is 14.9 Å². The van der Waals surface area contributed by atoms with E-state index in [1.54, 1.807) is 19.1 Å². The van der Waals surface area contributed by atoms with Crippen LogP contribution in [0.15, 0.2) is 48.5 Å². The Morgan fingerprint density at radius 1 is 1.06 bits per heavy atom. The highest BCUT2D eigenvalue weighted by atomic mass is 16.6. The third kappa shape index (κ3) is 6.01. The molecule has 0 bridgehead atoms. The van der Waals surface area contributed by atoms with Crippen LogP contribution in [-0.2, 0) is 9.53 Å².